The van der Waals surface area contributed by atoms with E-state index in [1.54, 1.807) is 14.0 Å². The Balaban J connectivity index is 2.21. The third kappa shape index (κ3) is 3.51. The molecule has 2 rings (SSSR count). The van der Waals surface area contributed by atoms with Crippen molar-refractivity contribution in [3.63, 3.8) is 0 Å². The van der Waals surface area contributed by atoms with Gasteiger partial charge in [-0.2, -0.15) is 0 Å². The summed E-state index contributed by atoms with van der Waals surface area (Å²) in [5.74, 6) is -0.817. The van der Waals surface area contributed by atoms with E-state index in [-0.39, 0.29) is 0 Å². The van der Waals surface area contributed by atoms with E-state index < -0.39 is 24.4 Å². The lowest BCUT2D eigenvalue weighted by Gasteiger charge is -2.12. The van der Waals surface area contributed by atoms with Gasteiger partial charge in [0.1, 0.15) is 5.75 Å². The second-order valence-electron chi connectivity index (χ2n) is 4.77. The second-order valence-corrected chi connectivity index (χ2v) is 4.77. The Hall–Kier alpha value is -2.56. The van der Waals surface area contributed by atoms with Gasteiger partial charge in [0.25, 0.3) is 5.91 Å². The lowest BCUT2D eigenvalue weighted by Crippen LogP contribution is -2.23. The Kier molecular flexibility index (Phi) is 4.42. The molecule has 0 heterocycles. The Morgan fingerprint density at radius 2 is 1.81 bits per heavy atom. The SMILES string of the molecule is COc1ccc2cc([C@H](C)C(=O)OCC(N)=O)ccc2c1. The minimum atomic E-state index is -0.666. The van der Waals surface area contributed by atoms with Crippen molar-refractivity contribution >= 4 is 22.6 Å². The van der Waals surface area contributed by atoms with Crippen LogP contribution in [-0.4, -0.2) is 25.6 Å². The minimum Gasteiger partial charge on any atom is -0.497 e. The molecule has 0 saturated heterocycles. The minimum absolute atomic E-state index is 0.395. The molecule has 21 heavy (non-hydrogen) atoms. The molecule has 2 aromatic rings. The molecule has 2 aromatic carbocycles. The van der Waals surface area contributed by atoms with Crippen LogP contribution in [0.1, 0.15) is 18.4 Å². The molecule has 0 fully saturated rings. The number of carbonyl (C=O) groups is 2. The molecule has 5 nitrogen and oxygen atoms in total. The maximum absolute atomic E-state index is 11.8. The van der Waals surface area contributed by atoms with E-state index in [1.165, 1.54) is 0 Å². The number of hydrogen-bond donors (Lipinski definition) is 1. The topological polar surface area (TPSA) is 78.6 Å². The van der Waals surface area contributed by atoms with Gasteiger partial charge in [-0.25, -0.2) is 0 Å². The van der Waals surface area contributed by atoms with E-state index >= 15 is 0 Å². The quantitative estimate of drug-likeness (QED) is 0.853. The summed E-state index contributed by atoms with van der Waals surface area (Å²) in [6.07, 6.45) is 0. The molecule has 0 aliphatic heterocycles. The molecule has 1 atom stereocenters. The van der Waals surface area contributed by atoms with Crippen molar-refractivity contribution < 1.29 is 19.1 Å². The number of ether oxygens (including phenoxy) is 2. The molecular weight excluding hydrogens is 270 g/mol. The molecule has 5 heteroatoms. The lowest BCUT2D eigenvalue weighted by atomic mass is 9.98. The maximum atomic E-state index is 11.8. The first kappa shape index (κ1) is 14.8. The van der Waals surface area contributed by atoms with Crippen molar-refractivity contribution in [1.29, 1.82) is 0 Å². The highest BCUT2D eigenvalue weighted by Gasteiger charge is 2.17. The number of hydrogen-bond acceptors (Lipinski definition) is 4. The van der Waals surface area contributed by atoms with E-state index in [1.807, 2.05) is 36.4 Å². The van der Waals surface area contributed by atoms with Gasteiger partial charge in [-0.1, -0.05) is 24.3 Å². The number of rotatable bonds is 5. The van der Waals surface area contributed by atoms with Crippen molar-refractivity contribution in [3.05, 3.63) is 42.0 Å². The van der Waals surface area contributed by atoms with Crippen molar-refractivity contribution in [2.45, 2.75) is 12.8 Å². The average molecular weight is 287 g/mol. The Morgan fingerprint density at radius 3 is 2.48 bits per heavy atom. The molecule has 0 aromatic heterocycles. The highest BCUT2D eigenvalue weighted by molar-refractivity contribution is 5.87. The molecule has 0 saturated carbocycles. The average Bonchev–Trinajstić information content (AvgIpc) is 2.50. The monoisotopic (exact) mass is 287 g/mol. The van der Waals surface area contributed by atoms with E-state index in [4.69, 9.17) is 15.2 Å². The van der Waals surface area contributed by atoms with Crippen LogP contribution in [0.4, 0.5) is 0 Å². The number of fused-ring (bicyclic) bond motifs is 1. The molecule has 0 aliphatic carbocycles. The molecule has 0 bridgehead atoms. The summed E-state index contributed by atoms with van der Waals surface area (Å²) in [5.41, 5.74) is 5.77. The summed E-state index contributed by atoms with van der Waals surface area (Å²) in [7, 11) is 1.62. The van der Waals surface area contributed by atoms with Crippen LogP contribution in [0.2, 0.25) is 0 Å². The van der Waals surface area contributed by atoms with Crippen LogP contribution in [0.5, 0.6) is 5.75 Å². The molecule has 0 radical (unpaired) electrons. The molecule has 0 unspecified atom stereocenters. The van der Waals surface area contributed by atoms with Gasteiger partial charge in [-0.05, 0) is 35.4 Å². The predicted octanol–water partition coefficient (Wildman–Crippen LogP) is 1.98. The molecule has 2 N–H and O–H groups in total. The van der Waals surface area contributed by atoms with E-state index in [0.29, 0.717) is 0 Å². The first-order valence-corrected chi connectivity index (χ1v) is 6.54. The van der Waals surface area contributed by atoms with Crippen LogP contribution in [-0.2, 0) is 14.3 Å². The first-order chi connectivity index (χ1) is 10.0. The fourth-order valence-corrected chi connectivity index (χ4v) is 2.04. The first-order valence-electron chi connectivity index (χ1n) is 6.54. The van der Waals surface area contributed by atoms with E-state index in [2.05, 4.69) is 0 Å². The third-order valence-corrected chi connectivity index (χ3v) is 3.28. The molecule has 110 valence electrons. The molecule has 0 aliphatic rings. The zero-order chi connectivity index (χ0) is 15.4. The Morgan fingerprint density at radius 1 is 1.14 bits per heavy atom. The van der Waals surface area contributed by atoms with Gasteiger partial charge in [0.05, 0.1) is 13.0 Å². The largest absolute Gasteiger partial charge is 0.497 e. The third-order valence-electron chi connectivity index (χ3n) is 3.28. The molecule has 1 amide bonds. The van der Waals surface area contributed by atoms with Crippen molar-refractivity contribution in [1.82, 2.24) is 0 Å². The van der Waals surface area contributed by atoms with E-state index in [9.17, 15) is 9.59 Å². The number of carbonyl (C=O) groups excluding carboxylic acids is 2. The zero-order valence-corrected chi connectivity index (χ0v) is 12.0. The Bertz CT molecular complexity index is 681. The number of amides is 1. The van der Waals surface area contributed by atoms with Gasteiger partial charge in [-0.15, -0.1) is 0 Å². The molecular formula is C16H17NO4. The van der Waals surface area contributed by atoms with Gasteiger partial charge in [0.2, 0.25) is 0 Å². The van der Waals surface area contributed by atoms with Crippen LogP contribution in [0.3, 0.4) is 0 Å². The maximum Gasteiger partial charge on any atom is 0.313 e. The summed E-state index contributed by atoms with van der Waals surface area (Å²) >= 11 is 0. The summed E-state index contributed by atoms with van der Waals surface area (Å²) in [6, 6.07) is 11.4. The van der Waals surface area contributed by atoms with Crippen molar-refractivity contribution in [2.24, 2.45) is 5.73 Å². The van der Waals surface area contributed by atoms with E-state index in [0.717, 1.165) is 22.1 Å². The number of primary amides is 1. The van der Waals surface area contributed by atoms with Crippen molar-refractivity contribution in [2.75, 3.05) is 13.7 Å². The number of esters is 1. The normalized spacial score (nSPS) is 11.9. The summed E-state index contributed by atoms with van der Waals surface area (Å²) < 4.78 is 10.0. The standard InChI is InChI=1S/C16H17NO4/c1-10(16(19)21-9-15(17)18)11-3-4-13-8-14(20-2)6-5-12(13)7-11/h3-8,10H,9H2,1-2H3,(H2,17,18)/t10-/m0/s1. The highest BCUT2D eigenvalue weighted by atomic mass is 16.5. The van der Waals surface area contributed by atoms with Gasteiger partial charge in [0.15, 0.2) is 6.61 Å². The van der Waals surface area contributed by atoms with Crippen LogP contribution in [0.15, 0.2) is 36.4 Å². The van der Waals surface area contributed by atoms with Gasteiger partial charge >= 0.3 is 5.97 Å². The number of nitrogens with two attached hydrogens (primary N) is 1. The van der Waals surface area contributed by atoms with Crippen molar-refractivity contribution in [3.8, 4) is 5.75 Å². The number of methoxy groups -OCH3 is 1. The van der Waals surface area contributed by atoms with Crippen LogP contribution >= 0.6 is 0 Å². The summed E-state index contributed by atoms with van der Waals surface area (Å²) in [6.45, 7) is 1.34. The Labute approximate surface area is 122 Å². The van der Waals surface area contributed by atoms with Crippen LogP contribution in [0.25, 0.3) is 10.8 Å². The fraction of sp³-hybridized carbons (Fsp3) is 0.250. The fourth-order valence-electron chi connectivity index (χ4n) is 2.04. The second kappa shape index (κ2) is 6.26. The number of benzene rings is 2. The van der Waals surface area contributed by atoms with Crippen LogP contribution in [0, 0.1) is 0 Å². The molecule has 0 spiro atoms. The summed E-state index contributed by atoms with van der Waals surface area (Å²) in [5, 5.41) is 2.03. The van der Waals surface area contributed by atoms with Crippen LogP contribution < -0.4 is 10.5 Å². The zero-order valence-electron chi connectivity index (χ0n) is 12.0. The lowest BCUT2D eigenvalue weighted by molar-refractivity contribution is -0.148. The van der Waals surface area contributed by atoms with Gasteiger partial charge < -0.3 is 15.2 Å². The van der Waals surface area contributed by atoms with Gasteiger partial charge in [0, 0.05) is 0 Å². The van der Waals surface area contributed by atoms with Gasteiger partial charge in [-0.3, -0.25) is 9.59 Å². The highest BCUT2D eigenvalue weighted by Crippen LogP contribution is 2.25. The summed E-state index contributed by atoms with van der Waals surface area (Å²) in [4.78, 5) is 22.5. The predicted molar refractivity (Wildman–Crippen MR) is 79.1 cm³/mol. The smallest absolute Gasteiger partial charge is 0.313 e.